The summed E-state index contributed by atoms with van der Waals surface area (Å²) >= 11 is 0. The van der Waals surface area contributed by atoms with Gasteiger partial charge in [0.25, 0.3) is 0 Å². The fourth-order valence-corrected chi connectivity index (χ4v) is 8.68. The highest BCUT2D eigenvalue weighted by Gasteiger charge is 2.16. The molecule has 0 amide bonds. The summed E-state index contributed by atoms with van der Waals surface area (Å²) < 4.78 is 2.42. The number of hydrogen-bond donors (Lipinski definition) is 0. The molecule has 0 bridgehead atoms. The van der Waals surface area contributed by atoms with Gasteiger partial charge in [-0.25, -0.2) is 0 Å². The Kier molecular flexibility index (Phi) is 10.8. The van der Waals surface area contributed by atoms with Crippen molar-refractivity contribution >= 4 is 32.6 Å². The number of benzene rings is 10. The summed E-state index contributed by atoms with van der Waals surface area (Å²) in [5, 5.41) is 5.11. The molecule has 1 aromatic heterocycles. The van der Waals surface area contributed by atoms with Gasteiger partial charge in [-0.2, -0.15) is 0 Å². The van der Waals surface area contributed by atoms with Crippen LogP contribution in [0.15, 0.2) is 243 Å². The van der Waals surface area contributed by atoms with Gasteiger partial charge in [-0.3, -0.25) is 0 Å². The van der Waals surface area contributed by atoms with Gasteiger partial charge in [0.05, 0.1) is 11.0 Å². The largest absolute Gasteiger partial charge is 0.309 e. The van der Waals surface area contributed by atoms with Crippen LogP contribution < -0.4 is 0 Å². The average Bonchev–Trinajstić information content (AvgIpc) is 3.69. The van der Waals surface area contributed by atoms with Crippen LogP contribution in [0.3, 0.4) is 0 Å². The molecule has 0 radical (unpaired) electrons. The first kappa shape index (κ1) is 38.5. The zero-order valence-electron chi connectivity index (χ0n) is 35.0. The van der Waals surface area contributed by atoms with E-state index >= 15 is 0 Å². The van der Waals surface area contributed by atoms with Gasteiger partial charge in [-0.15, -0.1) is 0 Å². The summed E-state index contributed by atoms with van der Waals surface area (Å²) in [4.78, 5) is 0. The molecule has 11 rings (SSSR count). The van der Waals surface area contributed by atoms with Crippen LogP contribution in [-0.2, 0) is 12.8 Å². The van der Waals surface area contributed by atoms with Crippen molar-refractivity contribution in [3.8, 4) is 50.2 Å². The Hall–Kier alpha value is -7.74. The molecule has 0 saturated carbocycles. The molecule has 11 aromatic rings. The van der Waals surface area contributed by atoms with Crippen LogP contribution >= 0.6 is 0 Å². The topological polar surface area (TPSA) is 4.93 Å². The lowest BCUT2D eigenvalue weighted by molar-refractivity contribution is 0.961. The minimum absolute atomic E-state index is 1.03. The van der Waals surface area contributed by atoms with E-state index in [1.54, 1.807) is 0 Å². The van der Waals surface area contributed by atoms with Gasteiger partial charge in [0.15, 0.2) is 0 Å². The Morgan fingerprint density at radius 1 is 0.306 bits per heavy atom. The molecule has 10 aromatic carbocycles. The molecule has 0 aliphatic carbocycles. The standard InChI is InChI=1S/C42H31N.C19H16/c1-3-9-32(10-4-1)33-21-17-30(18-22-33)15-16-31-19-23-34(24-20-31)36-26-28-41-40(29-36)39-27-25-35-11-7-8-14-38(35)42(39)43(41)37-12-5-2-6-13-37;1-15-7-9-17(10-8-15)19-13-11-18(12-14-19)16-5-3-2-4-6-16/h1-14,17-29H,15-16H2;2-14H,1H3. The van der Waals surface area contributed by atoms with Gasteiger partial charge in [-0.05, 0) is 105 Å². The molecule has 0 aliphatic heterocycles. The number of nitrogens with zero attached hydrogens (tertiary/aromatic N) is 1. The van der Waals surface area contributed by atoms with Crippen LogP contribution in [0.5, 0.6) is 0 Å². The highest BCUT2D eigenvalue weighted by atomic mass is 15.0. The lowest BCUT2D eigenvalue weighted by atomic mass is 9.98. The fraction of sp³-hybridized carbons (Fsp3) is 0.0492. The van der Waals surface area contributed by atoms with E-state index in [4.69, 9.17) is 0 Å². The normalized spacial score (nSPS) is 11.1. The third kappa shape index (κ3) is 8.09. The molecule has 296 valence electrons. The molecule has 1 heteroatoms. The fourth-order valence-electron chi connectivity index (χ4n) is 8.68. The Balaban J connectivity index is 0.000000201. The van der Waals surface area contributed by atoms with Crippen molar-refractivity contribution in [2.24, 2.45) is 0 Å². The van der Waals surface area contributed by atoms with Crippen molar-refractivity contribution in [2.75, 3.05) is 0 Å². The van der Waals surface area contributed by atoms with Gasteiger partial charge in [0.2, 0.25) is 0 Å². The molecule has 1 nitrogen and oxygen atoms in total. The monoisotopic (exact) mass is 793 g/mol. The second-order valence-corrected chi connectivity index (χ2v) is 16.2. The van der Waals surface area contributed by atoms with Crippen molar-refractivity contribution < 1.29 is 0 Å². The van der Waals surface area contributed by atoms with Crippen LogP contribution in [0.4, 0.5) is 0 Å². The zero-order chi connectivity index (χ0) is 41.7. The highest BCUT2D eigenvalue weighted by molar-refractivity contribution is 6.19. The van der Waals surface area contributed by atoms with E-state index in [1.165, 1.54) is 99.5 Å². The summed E-state index contributed by atoms with van der Waals surface area (Å²) in [6.45, 7) is 2.11. The summed E-state index contributed by atoms with van der Waals surface area (Å²) in [6, 6.07) is 87.5. The number of fused-ring (bicyclic) bond motifs is 5. The summed E-state index contributed by atoms with van der Waals surface area (Å²) in [6.07, 6.45) is 2.06. The lowest BCUT2D eigenvalue weighted by Gasteiger charge is -2.10. The first-order chi connectivity index (χ1) is 30.6. The third-order valence-electron chi connectivity index (χ3n) is 12.1. The summed E-state index contributed by atoms with van der Waals surface area (Å²) in [5.41, 5.74) is 17.8. The molecule has 62 heavy (non-hydrogen) atoms. The first-order valence-corrected chi connectivity index (χ1v) is 21.6. The minimum Gasteiger partial charge on any atom is -0.309 e. The molecule has 0 aliphatic rings. The number of aryl methyl sites for hydroxylation is 3. The number of rotatable bonds is 8. The molecule has 1 heterocycles. The van der Waals surface area contributed by atoms with E-state index in [9.17, 15) is 0 Å². The van der Waals surface area contributed by atoms with E-state index in [2.05, 4.69) is 248 Å². The second-order valence-electron chi connectivity index (χ2n) is 16.2. The molecule has 0 spiro atoms. The SMILES string of the molecule is Cc1ccc(-c2ccc(-c3ccccc3)cc2)cc1.c1ccc(-c2ccc(CCc3ccc(-c4ccc5c(c4)c4ccc6ccccc6c4n5-c4ccccc4)cc3)cc2)cc1. The summed E-state index contributed by atoms with van der Waals surface area (Å²) in [5.74, 6) is 0. The predicted octanol–water partition coefficient (Wildman–Crippen LogP) is 16.4. The van der Waals surface area contributed by atoms with Crippen molar-refractivity contribution in [3.05, 3.63) is 259 Å². The van der Waals surface area contributed by atoms with Crippen LogP contribution in [0.25, 0.3) is 82.8 Å². The smallest absolute Gasteiger partial charge is 0.0619 e. The van der Waals surface area contributed by atoms with Crippen LogP contribution in [0.2, 0.25) is 0 Å². The quantitative estimate of drug-likeness (QED) is 0.144. The minimum atomic E-state index is 1.03. The molecule has 0 unspecified atom stereocenters. The van der Waals surface area contributed by atoms with Gasteiger partial charge < -0.3 is 4.57 Å². The molecule has 0 N–H and O–H groups in total. The van der Waals surface area contributed by atoms with Crippen molar-refractivity contribution in [1.82, 2.24) is 4.57 Å². The molecular weight excluding hydrogens is 747 g/mol. The van der Waals surface area contributed by atoms with Crippen molar-refractivity contribution in [3.63, 3.8) is 0 Å². The highest BCUT2D eigenvalue weighted by Crippen LogP contribution is 2.38. The zero-order valence-corrected chi connectivity index (χ0v) is 35.0. The number of hydrogen-bond acceptors (Lipinski definition) is 0. The second kappa shape index (κ2) is 17.5. The number of para-hydroxylation sites is 1. The number of aromatic nitrogens is 1. The third-order valence-corrected chi connectivity index (χ3v) is 12.1. The maximum atomic E-state index is 2.42. The van der Waals surface area contributed by atoms with Crippen LogP contribution in [0, 0.1) is 6.92 Å². The van der Waals surface area contributed by atoms with Gasteiger partial charge in [0.1, 0.15) is 0 Å². The lowest BCUT2D eigenvalue weighted by Crippen LogP contribution is -1.94. The van der Waals surface area contributed by atoms with E-state index < -0.39 is 0 Å². The van der Waals surface area contributed by atoms with E-state index in [1.807, 2.05) is 6.07 Å². The molecule has 0 fully saturated rings. The van der Waals surface area contributed by atoms with Gasteiger partial charge in [0, 0.05) is 21.8 Å². The van der Waals surface area contributed by atoms with E-state index in [0.29, 0.717) is 0 Å². The van der Waals surface area contributed by atoms with Crippen molar-refractivity contribution in [2.45, 2.75) is 19.8 Å². The molecule has 0 saturated heterocycles. The van der Waals surface area contributed by atoms with Crippen LogP contribution in [0.1, 0.15) is 16.7 Å². The summed E-state index contributed by atoms with van der Waals surface area (Å²) in [7, 11) is 0. The first-order valence-electron chi connectivity index (χ1n) is 21.6. The van der Waals surface area contributed by atoms with Crippen molar-refractivity contribution in [1.29, 1.82) is 0 Å². The Bertz CT molecular complexity index is 3220. The Morgan fingerprint density at radius 2 is 0.726 bits per heavy atom. The van der Waals surface area contributed by atoms with Gasteiger partial charge in [-0.1, -0.05) is 224 Å². The molecular formula is C61H47N. The Morgan fingerprint density at radius 3 is 1.27 bits per heavy atom. The van der Waals surface area contributed by atoms with E-state index in [0.717, 1.165) is 12.8 Å². The maximum Gasteiger partial charge on any atom is 0.0619 e. The maximum absolute atomic E-state index is 2.42. The van der Waals surface area contributed by atoms with E-state index in [-0.39, 0.29) is 0 Å². The van der Waals surface area contributed by atoms with Crippen LogP contribution in [-0.4, -0.2) is 4.57 Å². The van der Waals surface area contributed by atoms with Gasteiger partial charge >= 0.3 is 0 Å². The predicted molar refractivity (Wildman–Crippen MR) is 265 cm³/mol. The molecule has 0 atom stereocenters. The Labute approximate surface area is 364 Å². The average molecular weight is 794 g/mol.